The predicted molar refractivity (Wildman–Crippen MR) is 273 cm³/mol. The lowest BCUT2D eigenvalue weighted by atomic mass is 10.0. The summed E-state index contributed by atoms with van der Waals surface area (Å²) >= 11 is 8.48. The second-order valence-electron chi connectivity index (χ2n) is 18.3. The van der Waals surface area contributed by atoms with Crippen LogP contribution in [-0.4, -0.2) is 185 Å². The number of aromatic nitrogens is 1. The van der Waals surface area contributed by atoms with Crippen LogP contribution in [0.4, 0.5) is 0 Å². The molecule has 394 valence electrons. The zero-order valence-electron chi connectivity index (χ0n) is 41.0. The molecule has 1 aromatic carbocycles. The fourth-order valence-electron chi connectivity index (χ4n) is 8.79. The van der Waals surface area contributed by atoms with E-state index in [1.165, 1.54) is 9.80 Å². The number of primary amides is 1. The van der Waals surface area contributed by atoms with Gasteiger partial charge in [0.25, 0.3) is 0 Å². The molecule has 0 unspecified atom stereocenters. The van der Waals surface area contributed by atoms with Gasteiger partial charge in [0, 0.05) is 54.7 Å². The molecule has 3 heterocycles. The van der Waals surface area contributed by atoms with Crippen LogP contribution in [0.5, 0.6) is 0 Å². The minimum Gasteiger partial charge on any atom is -0.387 e. The highest BCUT2D eigenvalue weighted by Crippen LogP contribution is 2.22. The number of likely N-dealkylation sites (tertiary alicyclic amines) is 2. The maximum Gasteiger partial charge on any atom is 0.248 e. The van der Waals surface area contributed by atoms with E-state index >= 15 is 0 Å². The lowest BCUT2D eigenvalue weighted by Crippen LogP contribution is -2.58. The van der Waals surface area contributed by atoms with Gasteiger partial charge in [0.05, 0.1) is 6.04 Å². The van der Waals surface area contributed by atoms with Crippen LogP contribution in [0.25, 0.3) is 10.9 Å². The molecule has 2 aliphatic heterocycles. The number of carbonyl (C=O) groups excluding carboxylic acids is 9. The minimum absolute atomic E-state index is 0.0288. The maximum absolute atomic E-state index is 14.2. The van der Waals surface area contributed by atoms with Crippen molar-refractivity contribution < 1.29 is 48.3 Å². The fourth-order valence-corrected chi connectivity index (χ4v) is 9.21. The molecule has 0 bridgehead atoms. The number of amides is 9. The Kier molecular flexibility index (Phi) is 23.9. The third kappa shape index (κ3) is 17.1. The molecule has 2 aromatic rings. The number of aromatic amines is 1. The molecule has 0 spiro atoms. The Morgan fingerprint density at radius 2 is 1.34 bits per heavy atom. The van der Waals surface area contributed by atoms with Crippen molar-refractivity contribution >= 4 is 89.3 Å². The van der Waals surface area contributed by atoms with Crippen molar-refractivity contribution in [1.82, 2.24) is 51.6 Å². The fraction of sp³-hybridized carbons (Fsp3) is 0.638. The Balaban J connectivity index is 1.43. The first-order valence-corrected chi connectivity index (χ1v) is 25.7. The second kappa shape index (κ2) is 29.2. The molecule has 2 fully saturated rings. The van der Waals surface area contributed by atoms with Crippen LogP contribution in [0.3, 0.4) is 0 Å². The van der Waals surface area contributed by atoms with Crippen LogP contribution >= 0.6 is 25.3 Å². The number of H-pyrrole nitrogens is 1. The molecule has 12 N–H and O–H groups in total. The van der Waals surface area contributed by atoms with Gasteiger partial charge in [-0.1, -0.05) is 25.1 Å². The molecule has 0 aliphatic carbocycles. The summed E-state index contributed by atoms with van der Waals surface area (Å²) in [6, 6.07) is -0.785. The Hall–Kier alpha value is -5.43. The summed E-state index contributed by atoms with van der Waals surface area (Å²) in [6.07, 6.45) is 6.01. The van der Waals surface area contributed by atoms with Crippen molar-refractivity contribution in [3.63, 3.8) is 0 Å². The van der Waals surface area contributed by atoms with Crippen LogP contribution in [0.1, 0.15) is 83.1 Å². The number of rotatable bonds is 29. The van der Waals surface area contributed by atoms with E-state index in [4.69, 9.17) is 11.5 Å². The third-order valence-electron chi connectivity index (χ3n) is 12.8. The summed E-state index contributed by atoms with van der Waals surface area (Å²) in [5.41, 5.74) is 13.0. The van der Waals surface area contributed by atoms with Crippen LogP contribution in [0, 0.1) is 0 Å². The summed E-state index contributed by atoms with van der Waals surface area (Å²) in [7, 11) is 3.86. The van der Waals surface area contributed by atoms with E-state index in [2.05, 4.69) is 62.1 Å². The molecule has 2 aliphatic rings. The van der Waals surface area contributed by atoms with E-state index < -0.39 is 108 Å². The summed E-state index contributed by atoms with van der Waals surface area (Å²) in [6.45, 7) is 2.31. The lowest BCUT2D eigenvalue weighted by Gasteiger charge is -2.29. The number of benzene rings is 1. The van der Waals surface area contributed by atoms with Gasteiger partial charge >= 0.3 is 0 Å². The number of nitrogens with two attached hydrogens (primary N) is 2. The smallest absolute Gasteiger partial charge is 0.248 e. The third-order valence-corrected chi connectivity index (χ3v) is 13.6. The van der Waals surface area contributed by atoms with Crippen LogP contribution in [0.15, 0.2) is 30.5 Å². The predicted octanol–water partition coefficient (Wildman–Crippen LogP) is -1.79. The van der Waals surface area contributed by atoms with Crippen LogP contribution in [0.2, 0.25) is 0 Å². The number of aliphatic hydroxyl groups excluding tert-OH is 1. The number of hydrogen-bond donors (Lipinski definition) is 12. The van der Waals surface area contributed by atoms with Gasteiger partial charge in [0.2, 0.25) is 53.2 Å². The normalized spacial score (nSPS) is 18.2. The highest BCUT2D eigenvalue weighted by molar-refractivity contribution is 7.80. The van der Waals surface area contributed by atoms with E-state index in [1.807, 2.05) is 43.3 Å². The molecule has 9 amide bonds. The Labute approximate surface area is 425 Å². The largest absolute Gasteiger partial charge is 0.387 e. The molecule has 71 heavy (non-hydrogen) atoms. The SMILES string of the molecule is CC[C@H](NC(=O)[C@H](CCCCNC(=O)[C@H](CS)NC(=O)[C@H](Cc1c[nH]c2ccccc12)NC(=O)[C@H](CCCCN(C)C)NC(=O)[C@@H](N)CS)NC(=O)[C@@H]1CCCN1C(=O)CO)C(=O)N1CCC[C@H]1C(N)=O. The highest BCUT2D eigenvalue weighted by Gasteiger charge is 2.39. The van der Waals surface area contributed by atoms with Gasteiger partial charge in [0.1, 0.15) is 48.9 Å². The first kappa shape index (κ1) is 58.1. The average Bonchev–Trinajstić information content (AvgIpc) is 4.15. The van der Waals surface area contributed by atoms with Gasteiger partial charge in [-0.05, 0) is 103 Å². The maximum atomic E-state index is 14.2. The van der Waals surface area contributed by atoms with Gasteiger partial charge in [-0.25, -0.2) is 0 Å². The lowest BCUT2D eigenvalue weighted by molar-refractivity contribution is -0.142. The van der Waals surface area contributed by atoms with E-state index in [0.29, 0.717) is 45.1 Å². The first-order chi connectivity index (χ1) is 33.9. The molecular weight excluding hydrogens is 957 g/mol. The van der Waals surface area contributed by atoms with Crippen molar-refractivity contribution in [3.8, 4) is 0 Å². The average molecular weight is 1030 g/mol. The van der Waals surface area contributed by atoms with Crippen LogP contribution < -0.4 is 43.4 Å². The quantitative estimate of drug-likeness (QED) is 0.0318. The monoisotopic (exact) mass is 1030 g/mol. The molecule has 0 radical (unpaired) electrons. The molecule has 4 rings (SSSR count). The number of unbranched alkanes of at least 4 members (excludes halogenated alkanes) is 2. The van der Waals surface area contributed by atoms with Crippen molar-refractivity contribution in [2.75, 3.05) is 58.4 Å². The molecule has 8 atom stereocenters. The standard InChI is InChI=1S/C47H74N12O10S2/c1-4-31(47(69)59-22-11-17-37(59)40(49)62)52-43(65)34(54-46(68)38-18-12-21-58(38)39(61)25-60)15-7-9-19-50-42(64)36(27-71)56-45(67)35(23-28-24-51-32-14-6-5-13-29(28)32)55-44(66)33(16-8-10-20-57(2)3)53-41(63)30(48)26-70/h5-6,13-14,24,30-31,33-38,51,60,70-71H,4,7-12,15-23,25-27,48H2,1-3H3,(H2,49,62)(H,50,64)(H,52,65)(H,53,63)(H,54,68)(H,55,66)(H,56,67)/t30-,31-,33-,34-,35-,36-,37-,38-/m0/s1. The van der Waals surface area contributed by atoms with Gasteiger partial charge in [-0.2, -0.15) is 25.3 Å². The van der Waals surface area contributed by atoms with Gasteiger partial charge < -0.3 is 68.2 Å². The van der Waals surface area contributed by atoms with E-state index in [1.54, 1.807) is 13.1 Å². The summed E-state index contributed by atoms with van der Waals surface area (Å²) < 4.78 is 0. The number of aliphatic hydroxyl groups is 1. The Bertz CT molecular complexity index is 2160. The molecular formula is C47H74N12O10S2. The number of hydrogen-bond acceptors (Lipinski definition) is 14. The minimum atomic E-state index is -1.20. The summed E-state index contributed by atoms with van der Waals surface area (Å²) in [5.74, 6) is -5.49. The molecule has 1 aromatic heterocycles. The summed E-state index contributed by atoms with van der Waals surface area (Å²) in [5, 5.41) is 26.8. The van der Waals surface area contributed by atoms with Crippen molar-refractivity contribution in [2.24, 2.45) is 11.5 Å². The topological polar surface area (TPSA) is 324 Å². The summed E-state index contributed by atoms with van der Waals surface area (Å²) in [4.78, 5) is 128. The highest BCUT2D eigenvalue weighted by atomic mass is 32.1. The zero-order chi connectivity index (χ0) is 52.2. The van der Waals surface area contributed by atoms with Gasteiger partial charge in [-0.15, -0.1) is 0 Å². The number of fused-ring (bicyclic) bond motifs is 1. The van der Waals surface area contributed by atoms with Gasteiger partial charge in [-0.3, -0.25) is 43.2 Å². The number of nitrogens with one attached hydrogen (secondary N) is 7. The number of thiol groups is 2. The van der Waals surface area contributed by atoms with Crippen molar-refractivity contribution in [2.45, 2.75) is 132 Å². The zero-order valence-corrected chi connectivity index (χ0v) is 42.7. The van der Waals surface area contributed by atoms with E-state index in [9.17, 15) is 48.3 Å². The second-order valence-corrected chi connectivity index (χ2v) is 19.1. The van der Waals surface area contributed by atoms with Crippen molar-refractivity contribution in [1.29, 1.82) is 0 Å². The molecule has 2 saturated heterocycles. The van der Waals surface area contributed by atoms with E-state index in [0.717, 1.165) is 29.4 Å². The Morgan fingerprint density at radius 3 is 1.97 bits per heavy atom. The van der Waals surface area contributed by atoms with Gasteiger partial charge in [0.15, 0.2) is 0 Å². The first-order valence-electron chi connectivity index (χ1n) is 24.4. The van der Waals surface area contributed by atoms with Crippen LogP contribution in [-0.2, 0) is 49.6 Å². The molecule has 0 saturated carbocycles. The van der Waals surface area contributed by atoms with Crippen molar-refractivity contribution in [3.05, 3.63) is 36.0 Å². The number of nitrogens with zero attached hydrogens (tertiary/aromatic N) is 3. The molecule has 22 nitrogen and oxygen atoms in total. The Morgan fingerprint density at radius 1 is 0.746 bits per heavy atom. The number of carbonyl (C=O) groups is 9. The number of para-hydroxylation sites is 1. The molecule has 24 heteroatoms. The van der Waals surface area contributed by atoms with E-state index in [-0.39, 0.29) is 56.7 Å².